The Kier molecular flexibility index (Phi) is 77.3. The zero-order valence-corrected chi connectivity index (χ0v) is 55.6. The molecule has 0 N–H and O–H groups in total. The number of rotatable bonds is 45. The second-order valence-electron chi connectivity index (χ2n) is 17.9. The van der Waals surface area contributed by atoms with Gasteiger partial charge in [-0.1, -0.05) is 195 Å². The monoisotopic (exact) mass is 1070 g/mol. The van der Waals surface area contributed by atoms with Crippen molar-refractivity contribution in [2.24, 2.45) is 0 Å². The summed E-state index contributed by atoms with van der Waals surface area (Å²) in [4.78, 5) is 43.9. The summed E-state index contributed by atoms with van der Waals surface area (Å²) in [5.41, 5.74) is 0. The molecular weight excluding hydrogens is 981 g/mol. The minimum atomic E-state index is -4.47. The van der Waals surface area contributed by atoms with Crippen LogP contribution in [0.25, 0.3) is 0 Å². The molecule has 2 unspecified atom stereocenters. The van der Waals surface area contributed by atoms with Gasteiger partial charge in [-0.2, -0.15) is 0 Å². The number of ether oxygens (including phenoxy) is 2. The van der Waals surface area contributed by atoms with Gasteiger partial charge in [0.1, 0.15) is 12.2 Å². The van der Waals surface area contributed by atoms with Crippen molar-refractivity contribution >= 4 is 44.1 Å². The molecule has 0 fully saturated rings. The number of carbonyl (C=O) groups is 4. The Hall–Kier alpha value is 1.70. The fourth-order valence-electron chi connectivity index (χ4n) is 7.34. The van der Waals surface area contributed by atoms with Crippen LogP contribution < -0.4 is 128 Å². The van der Waals surface area contributed by atoms with Gasteiger partial charge < -0.3 is 38.4 Å². The van der Waals surface area contributed by atoms with E-state index in [1.54, 1.807) is 6.92 Å². The first-order valence-electron chi connectivity index (χ1n) is 26.1. The third kappa shape index (κ3) is 78.6. The Bertz CT molecular complexity index is 1360. The summed E-state index contributed by atoms with van der Waals surface area (Å²) in [6.07, 6.45) is 34.8. The summed E-state index contributed by atoms with van der Waals surface area (Å²) < 4.78 is 75.8. The van der Waals surface area contributed by atoms with Gasteiger partial charge in [-0.3, -0.25) is 9.59 Å². The summed E-state index contributed by atoms with van der Waals surface area (Å²) in [7, 11) is -8.91. The van der Waals surface area contributed by atoms with Crippen LogP contribution >= 0.6 is 0 Å². The summed E-state index contributed by atoms with van der Waals surface area (Å²) in [5.74, 6) is -4.47. The Labute approximate surface area is 516 Å². The second-order valence-corrected chi connectivity index (χ2v) is 20.8. The van der Waals surface area contributed by atoms with Gasteiger partial charge in [0.05, 0.1) is 31.7 Å². The maximum absolute atomic E-state index is 11.9. The first kappa shape index (κ1) is 85.6. The number of carbonyl (C=O) groups excluding carboxylic acids is 4. The van der Waals surface area contributed by atoms with Gasteiger partial charge in [-0.05, 0) is 64.2 Å². The maximum Gasteiger partial charge on any atom is 1.00 e. The standard InChI is InChI=1S/C20H38O7S.C16H34.C14H26O7S.4Na/c1-2-3-4-5-6-10-13-16-20(23)27-18(17-28(24,25)26)14-11-8-7-9-12-15-19(21)22;1-3-5-7-9-11-13-15-16-14-12-10-8-6-4-2;1-2-8-14(17)21-12(11-22(18,19)20)9-6-4-3-5-7-10-13(15)16;;;;/h18H,2-17H2,1H3,(H,21,22)(H,24,25,26);3-16H2,1-2H3;12H,2-11H2,1H3,(H,15,16)(H,18,19,20);;;;/q;;;4*+1/p-4. The van der Waals surface area contributed by atoms with E-state index in [0.717, 1.165) is 57.8 Å². The summed E-state index contributed by atoms with van der Waals surface area (Å²) >= 11 is 0. The summed E-state index contributed by atoms with van der Waals surface area (Å²) in [6, 6.07) is 0. The number of hydrogen-bond acceptors (Lipinski definition) is 14. The second kappa shape index (κ2) is 63.2. The average Bonchev–Trinajstić information content (AvgIpc) is 3.22. The van der Waals surface area contributed by atoms with Crippen LogP contribution in [-0.4, -0.2) is 73.5 Å². The van der Waals surface area contributed by atoms with Crippen molar-refractivity contribution in [2.45, 2.75) is 284 Å². The number of hydrogen-bond donors (Lipinski definition) is 0. The topological polar surface area (TPSA) is 247 Å². The van der Waals surface area contributed by atoms with Crippen molar-refractivity contribution in [1.29, 1.82) is 0 Å². The Balaban J connectivity index is -0.000000171. The van der Waals surface area contributed by atoms with Gasteiger partial charge >= 0.3 is 130 Å². The van der Waals surface area contributed by atoms with Crippen LogP contribution in [0.15, 0.2) is 0 Å². The zero-order chi connectivity index (χ0) is 50.2. The predicted molar refractivity (Wildman–Crippen MR) is 257 cm³/mol. The summed E-state index contributed by atoms with van der Waals surface area (Å²) in [5, 5.41) is 20.5. The van der Waals surface area contributed by atoms with Crippen LogP contribution in [0.2, 0.25) is 0 Å². The van der Waals surface area contributed by atoms with E-state index in [2.05, 4.69) is 20.8 Å². The molecule has 0 rings (SSSR count). The molecule has 0 aliphatic carbocycles. The molecule has 0 saturated heterocycles. The van der Waals surface area contributed by atoms with Gasteiger partial charge in [0, 0.05) is 24.8 Å². The largest absolute Gasteiger partial charge is 1.00 e. The fourth-order valence-corrected chi connectivity index (χ4v) is 8.72. The molecule has 0 aromatic rings. The van der Waals surface area contributed by atoms with Crippen LogP contribution in [0.1, 0.15) is 272 Å². The zero-order valence-electron chi connectivity index (χ0n) is 46.0. The molecule has 0 bridgehead atoms. The molecule has 14 nitrogen and oxygen atoms in total. The molecule has 0 aliphatic heterocycles. The van der Waals surface area contributed by atoms with Gasteiger partial charge in [0.25, 0.3) is 0 Å². The minimum Gasteiger partial charge on any atom is -0.748 e. The molecular formula is C50H94Na4O14S2. The van der Waals surface area contributed by atoms with Gasteiger partial charge in [-0.15, -0.1) is 0 Å². The molecule has 0 aromatic heterocycles. The van der Waals surface area contributed by atoms with Crippen LogP contribution in [-0.2, 0) is 48.9 Å². The van der Waals surface area contributed by atoms with Crippen molar-refractivity contribution in [3.05, 3.63) is 0 Å². The van der Waals surface area contributed by atoms with Crippen LogP contribution in [0.4, 0.5) is 0 Å². The number of unbranched alkanes of at least 4 members (excludes halogenated alkanes) is 27. The van der Waals surface area contributed by atoms with E-state index in [9.17, 15) is 55.3 Å². The third-order valence-corrected chi connectivity index (χ3v) is 12.6. The van der Waals surface area contributed by atoms with E-state index in [1.165, 1.54) is 109 Å². The van der Waals surface area contributed by atoms with Crippen molar-refractivity contribution in [3.63, 3.8) is 0 Å². The molecule has 0 heterocycles. The van der Waals surface area contributed by atoms with E-state index in [-0.39, 0.29) is 144 Å². The molecule has 0 saturated carbocycles. The van der Waals surface area contributed by atoms with E-state index in [4.69, 9.17) is 9.47 Å². The van der Waals surface area contributed by atoms with Crippen molar-refractivity contribution in [3.8, 4) is 0 Å². The van der Waals surface area contributed by atoms with E-state index < -0.39 is 67.8 Å². The Morgan fingerprint density at radius 2 is 0.571 bits per heavy atom. The quantitative estimate of drug-likeness (QED) is 0.0286. The normalized spacial score (nSPS) is 11.6. The number of carboxylic acid groups (broad SMARTS) is 2. The Morgan fingerprint density at radius 1 is 0.343 bits per heavy atom. The first-order chi connectivity index (χ1) is 31.4. The van der Waals surface area contributed by atoms with Gasteiger partial charge in [0.15, 0.2) is 0 Å². The van der Waals surface area contributed by atoms with Crippen molar-refractivity contribution in [1.82, 2.24) is 0 Å². The van der Waals surface area contributed by atoms with Gasteiger partial charge in [-0.25, -0.2) is 16.8 Å². The molecule has 0 radical (unpaired) electrons. The van der Waals surface area contributed by atoms with Crippen molar-refractivity contribution < 1.29 is 183 Å². The SMILES string of the molecule is CCCC(=O)OC(CCCCCCCC(=O)[O-])CS(=O)(=O)[O-].CCCCCCCCCC(=O)OC(CCCCCCCC(=O)[O-])CS(=O)(=O)[O-].CCCCCCCCCCCCCCCC.[Na+].[Na+].[Na+].[Na+]. The molecule has 2 atom stereocenters. The molecule has 0 spiro atoms. The minimum absolute atomic E-state index is 0. The maximum atomic E-state index is 11.9. The van der Waals surface area contributed by atoms with Crippen LogP contribution in [0, 0.1) is 0 Å². The number of carboxylic acids is 2. The third-order valence-electron chi connectivity index (χ3n) is 11.1. The number of aliphatic carboxylic acids is 2. The van der Waals surface area contributed by atoms with Crippen molar-refractivity contribution in [2.75, 3.05) is 11.5 Å². The Morgan fingerprint density at radius 3 is 0.814 bits per heavy atom. The smallest absolute Gasteiger partial charge is 0.748 e. The fraction of sp³-hybridized carbons (Fsp3) is 0.920. The average molecular weight is 1080 g/mol. The molecule has 0 amide bonds. The summed E-state index contributed by atoms with van der Waals surface area (Å²) in [6.45, 7) is 8.54. The molecule has 20 heteroatoms. The molecule has 0 aromatic carbocycles. The van der Waals surface area contributed by atoms with E-state index in [0.29, 0.717) is 51.4 Å². The first-order valence-corrected chi connectivity index (χ1v) is 29.2. The molecule has 0 aliphatic rings. The van der Waals surface area contributed by atoms with Gasteiger partial charge in [0.2, 0.25) is 0 Å². The van der Waals surface area contributed by atoms with E-state index >= 15 is 0 Å². The molecule has 394 valence electrons. The van der Waals surface area contributed by atoms with E-state index in [1.807, 2.05) is 0 Å². The predicted octanol–water partition coefficient (Wildman–Crippen LogP) is -1.71. The number of esters is 2. The molecule has 70 heavy (non-hydrogen) atoms. The van der Waals surface area contributed by atoms with Crippen LogP contribution in [0.3, 0.4) is 0 Å². The van der Waals surface area contributed by atoms with Crippen LogP contribution in [0.5, 0.6) is 0 Å².